The molecule has 1 aromatic rings. The SMILES string of the molecule is C[C@@H](N)C(=O)Nc1cc(Cl)ccn1. The van der Waals surface area contributed by atoms with E-state index in [-0.39, 0.29) is 5.91 Å². The lowest BCUT2D eigenvalue weighted by atomic mass is 10.3. The summed E-state index contributed by atoms with van der Waals surface area (Å²) in [5.74, 6) is 0.129. The van der Waals surface area contributed by atoms with Crippen molar-refractivity contribution < 1.29 is 4.79 Å². The molecule has 1 amide bonds. The first-order valence-electron chi connectivity index (χ1n) is 3.77. The van der Waals surface area contributed by atoms with E-state index in [2.05, 4.69) is 10.3 Å². The van der Waals surface area contributed by atoms with Gasteiger partial charge in [0.1, 0.15) is 5.82 Å². The second-order valence-corrected chi connectivity index (χ2v) is 3.07. The summed E-state index contributed by atoms with van der Waals surface area (Å²) in [5.41, 5.74) is 5.35. The highest BCUT2D eigenvalue weighted by Gasteiger charge is 2.07. The standard InChI is InChI=1S/C8H10ClN3O/c1-5(10)8(13)12-7-4-6(9)2-3-11-7/h2-5H,10H2,1H3,(H,11,12,13)/t5-/m1/s1. The van der Waals surface area contributed by atoms with Crippen molar-refractivity contribution in [2.24, 2.45) is 5.73 Å². The predicted octanol–water partition coefficient (Wildman–Crippen LogP) is 1.02. The summed E-state index contributed by atoms with van der Waals surface area (Å²) in [6.45, 7) is 1.60. The van der Waals surface area contributed by atoms with Crippen LogP contribution in [-0.4, -0.2) is 16.9 Å². The lowest BCUT2D eigenvalue weighted by Gasteiger charge is -2.06. The Balaban J connectivity index is 2.69. The molecule has 0 saturated carbocycles. The minimum absolute atomic E-state index is 0.283. The molecule has 5 heteroatoms. The van der Waals surface area contributed by atoms with Crippen LogP contribution in [0.5, 0.6) is 0 Å². The van der Waals surface area contributed by atoms with Gasteiger partial charge in [-0.15, -0.1) is 0 Å². The fourth-order valence-electron chi connectivity index (χ4n) is 0.713. The summed E-state index contributed by atoms with van der Waals surface area (Å²) in [6, 6.07) is 2.63. The number of aromatic nitrogens is 1. The van der Waals surface area contributed by atoms with Crippen LogP contribution in [0.4, 0.5) is 5.82 Å². The molecule has 0 bridgehead atoms. The van der Waals surface area contributed by atoms with Crippen LogP contribution in [0.1, 0.15) is 6.92 Å². The van der Waals surface area contributed by atoms with Gasteiger partial charge in [-0.05, 0) is 19.1 Å². The van der Waals surface area contributed by atoms with E-state index in [4.69, 9.17) is 17.3 Å². The summed E-state index contributed by atoms with van der Waals surface area (Å²) in [4.78, 5) is 15.0. The van der Waals surface area contributed by atoms with Crippen molar-refractivity contribution in [1.82, 2.24) is 4.98 Å². The summed E-state index contributed by atoms with van der Waals surface area (Å²) in [6.07, 6.45) is 1.51. The van der Waals surface area contributed by atoms with E-state index in [1.807, 2.05) is 0 Å². The van der Waals surface area contributed by atoms with Crippen molar-refractivity contribution in [1.29, 1.82) is 0 Å². The largest absolute Gasteiger partial charge is 0.320 e. The number of nitrogens with two attached hydrogens (primary N) is 1. The van der Waals surface area contributed by atoms with E-state index < -0.39 is 6.04 Å². The highest BCUT2D eigenvalue weighted by molar-refractivity contribution is 6.30. The summed E-state index contributed by atoms with van der Waals surface area (Å²) >= 11 is 5.69. The number of carbonyl (C=O) groups is 1. The van der Waals surface area contributed by atoms with Gasteiger partial charge in [-0.1, -0.05) is 11.6 Å². The zero-order valence-corrected chi connectivity index (χ0v) is 7.88. The summed E-state index contributed by atoms with van der Waals surface area (Å²) in [7, 11) is 0. The van der Waals surface area contributed by atoms with E-state index >= 15 is 0 Å². The number of carbonyl (C=O) groups excluding carboxylic acids is 1. The Morgan fingerprint density at radius 1 is 1.77 bits per heavy atom. The van der Waals surface area contributed by atoms with E-state index in [0.29, 0.717) is 10.8 Å². The van der Waals surface area contributed by atoms with Gasteiger partial charge in [0.2, 0.25) is 5.91 Å². The number of anilines is 1. The van der Waals surface area contributed by atoms with Gasteiger partial charge < -0.3 is 11.1 Å². The molecule has 0 aliphatic carbocycles. The van der Waals surface area contributed by atoms with Gasteiger partial charge in [-0.25, -0.2) is 4.98 Å². The van der Waals surface area contributed by atoms with Gasteiger partial charge in [0, 0.05) is 11.2 Å². The molecule has 1 atom stereocenters. The van der Waals surface area contributed by atoms with E-state index in [0.717, 1.165) is 0 Å². The Hall–Kier alpha value is -1.13. The van der Waals surface area contributed by atoms with Gasteiger partial charge in [-0.2, -0.15) is 0 Å². The minimum atomic E-state index is -0.555. The molecule has 4 nitrogen and oxygen atoms in total. The van der Waals surface area contributed by atoms with Crippen LogP contribution < -0.4 is 11.1 Å². The Morgan fingerprint density at radius 2 is 2.46 bits per heavy atom. The Bertz CT molecular complexity index is 314. The van der Waals surface area contributed by atoms with Crippen molar-refractivity contribution in [2.45, 2.75) is 13.0 Å². The third-order valence-corrected chi connectivity index (χ3v) is 1.62. The number of nitrogens with zero attached hydrogens (tertiary/aromatic N) is 1. The Labute approximate surface area is 81.1 Å². The first-order chi connectivity index (χ1) is 6.09. The van der Waals surface area contributed by atoms with Crippen LogP contribution in [0.3, 0.4) is 0 Å². The third-order valence-electron chi connectivity index (χ3n) is 1.39. The highest BCUT2D eigenvalue weighted by Crippen LogP contribution is 2.11. The molecule has 0 aromatic carbocycles. The topological polar surface area (TPSA) is 68.0 Å². The number of halogens is 1. The molecule has 1 aromatic heterocycles. The second kappa shape index (κ2) is 4.20. The zero-order valence-electron chi connectivity index (χ0n) is 7.12. The smallest absolute Gasteiger partial charge is 0.242 e. The van der Waals surface area contributed by atoms with Crippen molar-refractivity contribution in [3.63, 3.8) is 0 Å². The van der Waals surface area contributed by atoms with Gasteiger partial charge in [-0.3, -0.25) is 4.79 Å². The molecule has 0 saturated heterocycles. The average molecular weight is 200 g/mol. The number of amides is 1. The lowest BCUT2D eigenvalue weighted by molar-refractivity contribution is -0.117. The summed E-state index contributed by atoms with van der Waals surface area (Å²) < 4.78 is 0. The van der Waals surface area contributed by atoms with Crippen LogP contribution in [0.25, 0.3) is 0 Å². The number of rotatable bonds is 2. The monoisotopic (exact) mass is 199 g/mol. The maximum atomic E-state index is 11.1. The lowest BCUT2D eigenvalue weighted by Crippen LogP contribution is -2.32. The van der Waals surface area contributed by atoms with Crippen LogP contribution in [0.15, 0.2) is 18.3 Å². The molecule has 0 radical (unpaired) electrons. The van der Waals surface area contributed by atoms with Crippen LogP contribution in [0.2, 0.25) is 5.02 Å². The fourth-order valence-corrected chi connectivity index (χ4v) is 0.873. The van der Waals surface area contributed by atoms with Crippen LogP contribution in [-0.2, 0) is 4.79 Å². The van der Waals surface area contributed by atoms with E-state index in [1.165, 1.54) is 6.20 Å². The molecule has 1 rings (SSSR count). The quantitative estimate of drug-likeness (QED) is 0.748. The predicted molar refractivity (Wildman–Crippen MR) is 51.5 cm³/mol. The van der Waals surface area contributed by atoms with E-state index in [1.54, 1.807) is 19.1 Å². The molecule has 0 spiro atoms. The first kappa shape index (κ1) is 9.95. The maximum absolute atomic E-state index is 11.1. The Kier molecular flexibility index (Phi) is 3.22. The number of nitrogens with one attached hydrogen (secondary N) is 1. The molecule has 70 valence electrons. The Morgan fingerprint density at radius 3 is 3.00 bits per heavy atom. The minimum Gasteiger partial charge on any atom is -0.320 e. The molecule has 0 unspecified atom stereocenters. The molecule has 13 heavy (non-hydrogen) atoms. The first-order valence-corrected chi connectivity index (χ1v) is 4.15. The van der Waals surface area contributed by atoms with Gasteiger partial charge >= 0.3 is 0 Å². The highest BCUT2D eigenvalue weighted by atomic mass is 35.5. The molecule has 0 aliphatic heterocycles. The third kappa shape index (κ3) is 3.01. The number of hydrogen-bond donors (Lipinski definition) is 2. The van der Waals surface area contributed by atoms with Crippen molar-refractivity contribution in [2.75, 3.05) is 5.32 Å². The van der Waals surface area contributed by atoms with Crippen LogP contribution in [0, 0.1) is 0 Å². The van der Waals surface area contributed by atoms with Gasteiger partial charge in [0.05, 0.1) is 6.04 Å². The van der Waals surface area contributed by atoms with Crippen molar-refractivity contribution in [3.05, 3.63) is 23.4 Å². The normalized spacial score (nSPS) is 12.2. The molecule has 3 N–H and O–H groups in total. The summed E-state index contributed by atoms with van der Waals surface area (Å²) in [5, 5.41) is 3.05. The molecular weight excluding hydrogens is 190 g/mol. The zero-order chi connectivity index (χ0) is 9.84. The van der Waals surface area contributed by atoms with Gasteiger partial charge in [0.25, 0.3) is 0 Å². The molecular formula is C8H10ClN3O. The van der Waals surface area contributed by atoms with Gasteiger partial charge in [0.15, 0.2) is 0 Å². The average Bonchev–Trinajstić information content (AvgIpc) is 2.04. The molecule has 0 aliphatic rings. The number of hydrogen-bond acceptors (Lipinski definition) is 3. The maximum Gasteiger partial charge on any atom is 0.242 e. The molecule has 1 heterocycles. The number of pyridine rings is 1. The van der Waals surface area contributed by atoms with Crippen molar-refractivity contribution >= 4 is 23.3 Å². The fraction of sp³-hybridized carbons (Fsp3) is 0.250. The molecule has 0 fully saturated rings. The van der Waals surface area contributed by atoms with Crippen LogP contribution >= 0.6 is 11.6 Å². The van der Waals surface area contributed by atoms with E-state index in [9.17, 15) is 4.79 Å². The van der Waals surface area contributed by atoms with Crippen molar-refractivity contribution in [3.8, 4) is 0 Å². The second-order valence-electron chi connectivity index (χ2n) is 2.64.